The molecule has 0 rings (SSSR count). The molecule has 0 amide bonds. The minimum absolute atomic E-state index is 0.646. The van der Waals surface area contributed by atoms with Crippen molar-refractivity contribution in [2.45, 2.75) is 0 Å². The molecule has 0 aromatic carbocycles. The summed E-state index contributed by atoms with van der Waals surface area (Å²) in [6.07, 6.45) is 1.56. The zero-order chi connectivity index (χ0) is 15.1. The average molecular weight is 356 g/mol. The van der Waals surface area contributed by atoms with Crippen LogP contribution in [0, 0.1) is 0 Å². The van der Waals surface area contributed by atoms with Gasteiger partial charge in [0.2, 0.25) is 5.08 Å². The molecule has 0 N–H and O–H groups in total. The highest BCUT2D eigenvalue weighted by Gasteiger charge is 2.23. The van der Waals surface area contributed by atoms with E-state index in [-0.39, 0.29) is 0 Å². The van der Waals surface area contributed by atoms with E-state index >= 15 is 0 Å². The van der Waals surface area contributed by atoms with Crippen molar-refractivity contribution in [2.24, 2.45) is 0 Å². The van der Waals surface area contributed by atoms with Gasteiger partial charge in [-0.1, -0.05) is 18.5 Å². The predicted molar refractivity (Wildman–Crippen MR) is 72.4 cm³/mol. The zero-order valence-corrected chi connectivity index (χ0v) is 13.4. The average Bonchev–Trinajstić information content (AvgIpc) is 2.12. The first-order chi connectivity index (χ1) is 8.54. The maximum absolute atomic E-state index is 12.2. The summed E-state index contributed by atoms with van der Waals surface area (Å²) >= 11 is 0. The van der Waals surface area contributed by atoms with Crippen molar-refractivity contribution in [3.05, 3.63) is 23.3 Å². The fourth-order valence-electron chi connectivity index (χ4n) is 0.679. The maximum atomic E-state index is 12.2. The van der Waals surface area contributed by atoms with E-state index in [0.29, 0.717) is 0 Å². The van der Waals surface area contributed by atoms with Gasteiger partial charge in [-0.15, -0.1) is 0 Å². The molecule has 0 bridgehead atoms. The van der Waals surface area contributed by atoms with E-state index in [1.165, 1.54) is 0 Å². The van der Waals surface area contributed by atoms with Crippen LogP contribution in [0.15, 0.2) is 23.3 Å². The first-order valence-electron chi connectivity index (χ1n) is 4.50. The molecule has 0 heterocycles. The fourth-order valence-corrected chi connectivity index (χ4v) is 3.38. The SMILES string of the molecule is O=S(=O)(CS(=O)(=O)OC/C=C(\F)P)OC/C=C(\F)P. The maximum Gasteiger partial charge on any atom is 0.284 e. The summed E-state index contributed by atoms with van der Waals surface area (Å²) in [6, 6.07) is 0. The predicted octanol–water partition coefficient (Wildman–Crippen LogP) is 1.01. The Morgan fingerprint density at radius 2 is 1.21 bits per heavy atom. The summed E-state index contributed by atoms with van der Waals surface area (Å²) in [6.45, 7) is -1.29. The van der Waals surface area contributed by atoms with Crippen LogP contribution in [0.4, 0.5) is 8.78 Å². The van der Waals surface area contributed by atoms with Crippen molar-refractivity contribution >= 4 is 38.7 Å². The van der Waals surface area contributed by atoms with E-state index in [2.05, 4.69) is 8.37 Å². The van der Waals surface area contributed by atoms with Gasteiger partial charge in [-0.25, -0.2) is 8.78 Å². The minimum Gasteiger partial charge on any atom is -0.265 e. The van der Waals surface area contributed by atoms with Crippen molar-refractivity contribution in [1.82, 2.24) is 0 Å². The summed E-state index contributed by atoms with van der Waals surface area (Å²) in [7, 11) is -5.57. The van der Waals surface area contributed by atoms with Gasteiger partial charge in [0.25, 0.3) is 20.2 Å². The first kappa shape index (κ1) is 19.0. The number of hydrogen-bond donors (Lipinski definition) is 0. The highest BCUT2D eigenvalue weighted by molar-refractivity contribution is 8.03. The number of hydrogen-bond acceptors (Lipinski definition) is 6. The Morgan fingerprint density at radius 1 is 0.895 bits per heavy atom. The third kappa shape index (κ3) is 11.5. The largest absolute Gasteiger partial charge is 0.284 e. The van der Waals surface area contributed by atoms with E-state index in [1.54, 1.807) is 18.5 Å². The second kappa shape index (κ2) is 8.34. The van der Waals surface area contributed by atoms with Crippen LogP contribution >= 0.6 is 18.5 Å². The zero-order valence-electron chi connectivity index (χ0n) is 9.45. The first-order valence-corrected chi connectivity index (χ1v) is 8.81. The monoisotopic (exact) mass is 356 g/mol. The topological polar surface area (TPSA) is 86.7 Å². The Labute approximate surface area is 114 Å². The Balaban J connectivity index is 4.48. The molecular weight excluding hydrogens is 344 g/mol. The van der Waals surface area contributed by atoms with Gasteiger partial charge in [0.15, 0.2) is 0 Å². The molecule has 0 aliphatic heterocycles. The van der Waals surface area contributed by atoms with E-state index in [4.69, 9.17) is 0 Å². The molecule has 0 aliphatic carbocycles. The van der Waals surface area contributed by atoms with Crippen LogP contribution in [-0.2, 0) is 28.6 Å². The van der Waals surface area contributed by atoms with Gasteiger partial charge in [0.05, 0.1) is 13.2 Å². The summed E-state index contributed by atoms with van der Waals surface area (Å²) in [5.41, 5.74) is -1.51. The summed E-state index contributed by atoms with van der Waals surface area (Å²) < 4.78 is 77.6. The van der Waals surface area contributed by atoms with Gasteiger partial charge in [0, 0.05) is 0 Å². The molecule has 0 radical (unpaired) electrons. The van der Waals surface area contributed by atoms with Crippen LogP contribution in [-0.4, -0.2) is 35.1 Å². The molecule has 0 saturated heterocycles. The van der Waals surface area contributed by atoms with Crippen molar-refractivity contribution in [3.63, 3.8) is 0 Å². The normalized spacial score (nSPS) is 14.7. The molecule has 0 aliphatic rings. The molecule has 112 valence electrons. The van der Waals surface area contributed by atoms with E-state index in [1.807, 2.05) is 0 Å². The smallest absolute Gasteiger partial charge is 0.265 e. The van der Waals surface area contributed by atoms with Crippen molar-refractivity contribution < 1.29 is 34.0 Å². The summed E-state index contributed by atoms with van der Waals surface area (Å²) in [4.78, 5) is 0. The minimum atomic E-state index is -4.44. The van der Waals surface area contributed by atoms with Crippen LogP contribution in [0.5, 0.6) is 0 Å². The lowest BCUT2D eigenvalue weighted by Crippen LogP contribution is -2.21. The fraction of sp³-hybridized carbons (Fsp3) is 0.429. The Hall–Kier alpha value is 0.0200. The molecule has 6 nitrogen and oxygen atoms in total. The molecule has 2 atom stereocenters. The lowest BCUT2D eigenvalue weighted by Gasteiger charge is -2.04. The van der Waals surface area contributed by atoms with Crippen LogP contribution in [0.3, 0.4) is 0 Å². The van der Waals surface area contributed by atoms with Crippen LogP contribution in [0.1, 0.15) is 0 Å². The Morgan fingerprint density at radius 3 is 1.47 bits per heavy atom. The Kier molecular flexibility index (Phi) is 8.35. The van der Waals surface area contributed by atoms with Crippen LogP contribution in [0.2, 0.25) is 0 Å². The van der Waals surface area contributed by atoms with Gasteiger partial charge in [-0.2, -0.15) is 16.8 Å². The molecule has 0 spiro atoms. The van der Waals surface area contributed by atoms with Gasteiger partial charge >= 0.3 is 0 Å². The van der Waals surface area contributed by atoms with Crippen molar-refractivity contribution in [3.8, 4) is 0 Å². The molecular formula is C7H12F2O6P2S2. The quantitative estimate of drug-likeness (QED) is 0.477. The van der Waals surface area contributed by atoms with Gasteiger partial charge in [-0.3, -0.25) is 8.37 Å². The molecule has 19 heavy (non-hydrogen) atoms. The van der Waals surface area contributed by atoms with Crippen molar-refractivity contribution in [2.75, 3.05) is 18.3 Å². The second-order valence-electron chi connectivity index (χ2n) is 2.98. The third-order valence-electron chi connectivity index (χ3n) is 1.34. The third-order valence-corrected chi connectivity index (χ3v) is 5.11. The van der Waals surface area contributed by atoms with Crippen LogP contribution in [0.25, 0.3) is 0 Å². The van der Waals surface area contributed by atoms with Crippen molar-refractivity contribution in [1.29, 1.82) is 0 Å². The highest BCUT2D eigenvalue weighted by atomic mass is 32.3. The van der Waals surface area contributed by atoms with E-state index < -0.39 is 49.7 Å². The number of halogens is 2. The second-order valence-corrected chi connectivity index (χ2v) is 7.73. The van der Waals surface area contributed by atoms with Gasteiger partial charge in [-0.05, 0) is 12.2 Å². The molecule has 2 unspecified atom stereocenters. The Bertz CT molecular complexity index is 496. The lowest BCUT2D eigenvalue weighted by molar-refractivity contribution is 0.346. The molecule has 0 fully saturated rings. The van der Waals surface area contributed by atoms with E-state index in [0.717, 1.165) is 12.2 Å². The number of rotatable bonds is 8. The van der Waals surface area contributed by atoms with E-state index in [9.17, 15) is 25.6 Å². The molecule has 0 aromatic heterocycles. The van der Waals surface area contributed by atoms with Gasteiger partial charge in [0.1, 0.15) is 11.1 Å². The molecule has 12 heteroatoms. The molecule has 0 saturated carbocycles. The van der Waals surface area contributed by atoms with Crippen LogP contribution < -0.4 is 0 Å². The molecule has 0 aromatic rings. The van der Waals surface area contributed by atoms with Gasteiger partial charge < -0.3 is 0 Å². The summed E-state index contributed by atoms with van der Waals surface area (Å²) in [5.74, 6) is 0. The highest BCUT2D eigenvalue weighted by Crippen LogP contribution is 2.09. The summed E-state index contributed by atoms with van der Waals surface area (Å²) in [5, 5.41) is -1.45. The standard InChI is InChI=1S/C7H12F2O6P2S2/c8-6(16)1-3-14-18(10,11)5-19(12,13)15-4-2-7(9)17/h1-2H,3-5,16-17H2/b6-1+,7-2+. The lowest BCUT2D eigenvalue weighted by atomic mass is 10.7.